The van der Waals surface area contributed by atoms with Gasteiger partial charge < -0.3 is 23.7 Å². The lowest BCUT2D eigenvalue weighted by atomic mass is 10.0. The van der Waals surface area contributed by atoms with Crippen molar-refractivity contribution in [2.75, 3.05) is 18.5 Å². The summed E-state index contributed by atoms with van der Waals surface area (Å²) in [6, 6.07) is 0. The SMILES string of the molecule is CCCC(=O)O[C@H]1[C@@H](OC(=O)CCC)COC(OCCCCBr)[C@@H]1OC(=O)CCC. The van der Waals surface area contributed by atoms with Crippen molar-refractivity contribution < 1.29 is 38.1 Å². The van der Waals surface area contributed by atoms with Gasteiger partial charge in [-0.15, -0.1) is 0 Å². The molecule has 0 aliphatic carbocycles. The average Bonchev–Trinajstić information content (AvgIpc) is 2.69. The molecule has 1 rings (SSSR count). The zero-order valence-electron chi connectivity index (χ0n) is 18.2. The molecule has 0 aromatic heterocycles. The summed E-state index contributed by atoms with van der Waals surface area (Å²) in [5, 5.41) is 0.851. The minimum Gasteiger partial charge on any atom is -0.456 e. The molecule has 1 aliphatic rings. The minimum atomic E-state index is -1.01. The molecule has 0 bridgehead atoms. The van der Waals surface area contributed by atoms with Crippen molar-refractivity contribution in [3.63, 3.8) is 0 Å². The molecule has 0 spiro atoms. The van der Waals surface area contributed by atoms with Gasteiger partial charge in [0.15, 0.2) is 24.6 Å². The molecule has 174 valence electrons. The quantitative estimate of drug-likeness (QED) is 0.156. The van der Waals surface area contributed by atoms with E-state index in [1.165, 1.54) is 0 Å². The Morgan fingerprint density at radius 2 is 1.37 bits per heavy atom. The van der Waals surface area contributed by atoms with Crippen molar-refractivity contribution in [2.24, 2.45) is 0 Å². The molecule has 9 heteroatoms. The van der Waals surface area contributed by atoms with Gasteiger partial charge in [-0.2, -0.15) is 0 Å². The van der Waals surface area contributed by atoms with Gasteiger partial charge in [0.1, 0.15) is 0 Å². The molecule has 0 aromatic carbocycles. The normalized spacial score (nSPS) is 23.6. The van der Waals surface area contributed by atoms with E-state index in [4.69, 9.17) is 23.7 Å². The highest BCUT2D eigenvalue weighted by Crippen LogP contribution is 2.26. The molecule has 0 amide bonds. The van der Waals surface area contributed by atoms with E-state index in [2.05, 4.69) is 15.9 Å². The number of carbonyl (C=O) groups excluding carboxylic acids is 3. The molecule has 1 unspecified atom stereocenters. The van der Waals surface area contributed by atoms with E-state index in [9.17, 15) is 14.4 Å². The van der Waals surface area contributed by atoms with E-state index in [-0.39, 0.29) is 25.9 Å². The van der Waals surface area contributed by atoms with Crippen LogP contribution in [-0.2, 0) is 38.1 Å². The van der Waals surface area contributed by atoms with Gasteiger partial charge in [0, 0.05) is 31.2 Å². The summed E-state index contributed by atoms with van der Waals surface area (Å²) < 4.78 is 28.2. The first-order valence-corrected chi connectivity index (χ1v) is 12.0. The second-order valence-electron chi connectivity index (χ2n) is 7.16. The van der Waals surface area contributed by atoms with Crippen molar-refractivity contribution in [1.82, 2.24) is 0 Å². The Morgan fingerprint density at radius 1 is 0.833 bits per heavy atom. The second kappa shape index (κ2) is 15.6. The molecule has 0 radical (unpaired) electrons. The average molecular weight is 495 g/mol. The van der Waals surface area contributed by atoms with E-state index >= 15 is 0 Å². The van der Waals surface area contributed by atoms with Crippen LogP contribution in [0.4, 0.5) is 0 Å². The van der Waals surface area contributed by atoms with E-state index in [1.54, 1.807) is 0 Å². The van der Waals surface area contributed by atoms with E-state index in [0.717, 1.165) is 18.2 Å². The number of alkyl halides is 1. The summed E-state index contributed by atoms with van der Waals surface area (Å²) in [5.41, 5.74) is 0. The van der Waals surface area contributed by atoms with Gasteiger partial charge in [-0.1, -0.05) is 36.7 Å². The first-order valence-electron chi connectivity index (χ1n) is 10.8. The fourth-order valence-electron chi connectivity index (χ4n) is 2.91. The summed E-state index contributed by atoms with van der Waals surface area (Å²) >= 11 is 3.37. The van der Waals surface area contributed by atoms with Crippen molar-refractivity contribution in [2.45, 2.75) is 96.7 Å². The largest absolute Gasteiger partial charge is 0.456 e. The Labute approximate surface area is 187 Å². The van der Waals surface area contributed by atoms with Crippen LogP contribution in [0.3, 0.4) is 0 Å². The van der Waals surface area contributed by atoms with Crippen LogP contribution in [-0.4, -0.2) is 61.1 Å². The maximum Gasteiger partial charge on any atom is 0.306 e. The van der Waals surface area contributed by atoms with E-state index in [0.29, 0.717) is 25.9 Å². The van der Waals surface area contributed by atoms with Crippen molar-refractivity contribution in [3.05, 3.63) is 0 Å². The maximum absolute atomic E-state index is 12.2. The molecule has 8 nitrogen and oxygen atoms in total. The third-order valence-corrected chi connectivity index (χ3v) is 4.93. The first kappa shape index (κ1) is 26.8. The minimum absolute atomic E-state index is 0.00946. The number of esters is 3. The standard InChI is InChI=1S/C21H35BrO8/c1-4-9-16(23)28-15-14-27-21(26-13-8-7-12-22)20(30-18(25)11-6-3)19(15)29-17(24)10-5-2/h15,19-21H,4-14H2,1-3H3/t15-,19-,20+,21?/m0/s1. The zero-order valence-corrected chi connectivity index (χ0v) is 19.8. The van der Waals surface area contributed by atoms with E-state index < -0.39 is 42.5 Å². The number of unbranched alkanes of at least 4 members (excludes halogenated alkanes) is 1. The molecule has 30 heavy (non-hydrogen) atoms. The molecular weight excluding hydrogens is 460 g/mol. The number of ether oxygens (including phenoxy) is 5. The Hall–Kier alpha value is -1.19. The number of hydrogen-bond acceptors (Lipinski definition) is 8. The third kappa shape index (κ3) is 9.75. The molecule has 0 saturated carbocycles. The van der Waals surface area contributed by atoms with Gasteiger partial charge in [-0.05, 0) is 32.1 Å². The van der Waals surface area contributed by atoms with Gasteiger partial charge >= 0.3 is 17.9 Å². The van der Waals surface area contributed by atoms with Crippen LogP contribution in [0.25, 0.3) is 0 Å². The molecule has 0 N–H and O–H groups in total. The van der Waals surface area contributed by atoms with Gasteiger partial charge in [0.25, 0.3) is 0 Å². The third-order valence-electron chi connectivity index (χ3n) is 4.37. The molecule has 0 aromatic rings. The van der Waals surface area contributed by atoms with Crippen LogP contribution in [0, 0.1) is 0 Å². The highest BCUT2D eigenvalue weighted by Gasteiger charge is 2.48. The molecule has 1 saturated heterocycles. The molecule has 1 fully saturated rings. The molecule has 4 atom stereocenters. The van der Waals surface area contributed by atoms with Crippen LogP contribution >= 0.6 is 15.9 Å². The van der Waals surface area contributed by atoms with Gasteiger partial charge in [-0.3, -0.25) is 14.4 Å². The Balaban J connectivity index is 3.02. The van der Waals surface area contributed by atoms with Crippen LogP contribution in [0.15, 0.2) is 0 Å². The monoisotopic (exact) mass is 494 g/mol. The predicted octanol–water partition coefficient (Wildman–Crippen LogP) is 3.67. The van der Waals surface area contributed by atoms with Crippen LogP contribution in [0.2, 0.25) is 0 Å². The van der Waals surface area contributed by atoms with Gasteiger partial charge in [0.05, 0.1) is 6.61 Å². The number of halogens is 1. The molecular formula is C21H35BrO8. The number of rotatable bonds is 14. The fourth-order valence-corrected chi connectivity index (χ4v) is 3.31. The smallest absolute Gasteiger partial charge is 0.306 e. The van der Waals surface area contributed by atoms with Gasteiger partial charge in [-0.25, -0.2) is 0 Å². The fraction of sp³-hybridized carbons (Fsp3) is 0.857. The van der Waals surface area contributed by atoms with Crippen LogP contribution in [0.1, 0.15) is 72.1 Å². The van der Waals surface area contributed by atoms with Gasteiger partial charge in [0.2, 0.25) is 0 Å². The molecule has 1 aliphatic heterocycles. The Morgan fingerprint density at radius 3 is 1.90 bits per heavy atom. The summed E-state index contributed by atoms with van der Waals surface area (Å²) in [4.78, 5) is 36.5. The van der Waals surface area contributed by atoms with Crippen molar-refractivity contribution in [1.29, 1.82) is 0 Å². The lowest BCUT2D eigenvalue weighted by molar-refractivity contribution is -0.282. The highest BCUT2D eigenvalue weighted by atomic mass is 79.9. The molecule has 1 heterocycles. The second-order valence-corrected chi connectivity index (χ2v) is 7.95. The number of carbonyl (C=O) groups is 3. The topological polar surface area (TPSA) is 97.4 Å². The maximum atomic E-state index is 12.2. The predicted molar refractivity (Wildman–Crippen MR) is 113 cm³/mol. The van der Waals surface area contributed by atoms with Crippen molar-refractivity contribution >= 4 is 33.8 Å². The lowest BCUT2D eigenvalue weighted by Crippen LogP contribution is -2.58. The number of hydrogen-bond donors (Lipinski definition) is 0. The summed E-state index contributed by atoms with van der Waals surface area (Å²) in [6.07, 6.45) is 0.431. The Bertz CT molecular complexity index is 527. The summed E-state index contributed by atoms with van der Waals surface area (Å²) in [5.74, 6) is -1.31. The van der Waals surface area contributed by atoms with Crippen LogP contribution in [0.5, 0.6) is 0 Å². The first-order chi connectivity index (χ1) is 14.5. The summed E-state index contributed by atoms with van der Waals surface area (Å²) in [7, 11) is 0. The summed E-state index contributed by atoms with van der Waals surface area (Å²) in [6.45, 7) is 5.97. The van der Waals surface area contributed by atoms with Crippen LogP contribution < -0.4 is 0 Å². The lowest BCUT2D eigenvalue weighted by Gasteiger charge is -2.40. The van der Waals surface area contributed by atoms with E-state index in [1.807, 2.05) is 20.8 Å². The highest BCUT2D eigenvalue weighted by molar-refractivity contribution is 9.09. The zero-order chi connectivity index (χ0) is 22.4. The Kier molecular flexibility index (Phi) is 13.9. The van der Waals surface area contributed by atoms with Crippen molar-refractivity contribution in [3.8, 4) is 0 Å².